The molecule has 0 aromatic heterocycles. The molecular formula is C16H19NO4. The minimum atomic E-state index is -0.889. The summed E-state index contributed by atoms with van der Waals surface area (Å²) in [5.74, 6) is -1.44. The van der Waals surface area contributed by atoms with Crippen molar-refractivity contribution in [2.75, 3.05) is 13.2 Å². The van der Waals surface area contributed by atoms with Gasteiger partial charge in [-0.1, -0.05) is 31.2 Å². The Morgan fingerprint density at radius 1 is 1.33 bits per heavy atom. The van der Waals surface area contributed by atoms with Crippen LogP contribution in [0, 0.1) is 5.92 Å². The number of benzene rings is 1. The highest BCUT2D eigenvalue weighted by Gasteiger charge is 2.38. The zero-order chi connectivity index (χ0) is 15.0. The number of carbonyl (C=O) groups excluding carboxylic acids is 1. The van der Waals surface area contributed by atoms with Gasteiger partial charge in [0.1, 0.15) is 6.10 Å². The molecule has 1 aromatic rings. The van der Waals surface area contributed by atoms with Crippen molar-refractivity contribution in [3.05, 3.63) is 35.4 Å². The fraction of sp³-hybridized carbons (Fsp3) is 0.500. The highest BCUT2D eigenvalue weighted by atomic mass is 16.5. The standard InChI is InChI=1S/C16H19NO4/c1-10-6-7-21-14(10)15(18)17-8-11-4-2-3-5-12(11)13(9-17)16(19)20/h2-5,10,13-14H,6-9H2,1H3,(H,19,20). The summed E-state index contributed by atoms with van der Waals surface area (Å²) in [7, 11) is 0. The Balaban J connectivity index is 1.86. The molecule has 0 radical (unpaired) electrons. The van der Waals surface area contributed by atoms with Gasteiger partial charge >= 0.3 is 5.97 Å². The van der Waals surface area contributed by atoms with E-state index in [0.29, 0.717) is 13.2 Å². The van der Waals surface area contributed by atoms with E-state index >= 15 is 0 Å². The second-order valence-corrected chi connectivity index (χ2v) is 5.87. The summed E-state index contributed by atoms with van der Waals surface area (Å²) in [6.45, 7) is 3.29. The topological polar surface area (TPSA) is 66.8 Å². The largest absolute Gasteiger partial charge is 0.481 e. The molecule has 0 bridgehead atoms. The number of carbonyl (C=O) groups is 2. The zero-order valence-electron chi connectivity index (χ0n) is 12.0. The number of carboxylic acids is 1. The van der Waals surface area contributed by atoms with E-state index in [-0.39, 0.29) is 18.4 Å². The second kappa shape index (κ2) is 5.48. The first-order valence-corrected chi connectivity index (χ1v) is 7.29. The van der Waals surface area contributed by atoms with Gasteiger partial charge in [0, 0.05) is 19.7 Å². The third-order valence-electron chi connectivity index (χ3n) is 4.44. The Kier molecular flexibility index (Phi) is 3.68. The van der Waals surface area contributed by atoms with Gasteiger partial charge in [-0.15, -0.1) is 0 Å². The first-order chi connectivity index (χ1) is 10.1. The summed E-state index contributed by atoms with van der Waals surface area (Å²) in [4.78, 5) is 25.7. The third-order valence-corrected chi connectivity index (χ3v) is 4.44. The number of fused-ring (bicyclic) bond motifs is 1. The summed E-state index contributed by atoms with van der Waals surface area (Å²) in [5, 5.41) is 9.43. The van der Waals surface area contributed by atoms with Crippen LogP contribution in [0.5, 0.6) is 0 Å². The van der Waals surface area contributed by atoms with Gasteiger partial charge in [-0.2, -0.15) is 0 Å². The van der Waals surface area contributed by atoms with Gasteiger partial charge in [-0.3, -0.25) is 9.59 Å². The molecule has 1 amide bonds. The number of rotatable bonds is 2. The van der Waals surface area contributed by atoms with E-state index in [0.717, 1.165) is 17.5 Å². The van der Waals surface area contributed by atoms with Crippen LogP contribution in [-0.4, -0.2) is 41.1 Å². The molecule has 1 saturated heterocycles. The van der Waals surface area contributed by atoms with Crippen LogP contribution >= 0.6 is 0 Å². The third kappa shape index (κ3) is 2.53. The molecule has 1 fully saturated rings. The van der Waals surface area contributed by atoms with Crippen molar-refractivity contribution in [1.82, 2.24) is 4.90 Å². The van der Waals surface area contributed by atoms with Crippen molar-refractivity contribution in [3.8, 4) is 0 Å². The summed E-state index contributed by atoms with van der Waals surface area (Å²) < 4.78 is 5.53. The van der Waals surface area contributed by atoms with Gasteiger partial charge in [-0.25, -0.2) is 0 Å². The van der Waals surface area contributed by atoms with Crippen molar-refractivity contribution in [3.63, 3.8) is 0 Å². The van der Waals surface area contributed by atoms with Crippen molar-refractivity contribution in [1.29, 1.82) is 0 Å². The molecule has 0 aliphatic carbocycles. The van der Waals surface area contributed by atoms with Crippen LogP contribution in [-0.2, 0) is 20.9 Å². The first-order valence-electron chi connectivity index (χ1n) is 7.29. The fourth-order valence-electron chi connectivity index (χ4n) is 3.18. The zero-order valence-corrected chi connectivity index (χ0v) is 12.0. The highest BCUT2D eigenvalue weighted by molar-refractivity contribution is 5.84. The summed E-state index contributed by atoms with van der Waals surface area (Å²) >= 11 is 0. The SMILES string of the molecule is CC1CCOC1C(=O)N1Cc2ccccc2C(C(=O)O)C1. The predicted molar refractivity (Wildman–Crippen MR) is 75.8 cm³/mol. The Labute approximate surface area is 123 Å². The average molecular weight is 289 g/mol. The Hall–Kier alpha value is -1.88. The quantitative estimate of drug-likeness (QED) is 0.898. The van der Waals surface area contributed by atoms with Crippen LogP contribution in [0.3, 0.4) is 0 Å². The number of hydrogen-bond acceptors (Lipinski definition) is 3. The van der Waals surface area contributed by atoms with E-state index in [1.54, 1.807) is 4.90 Å². The number of carboxylic acid groups (broad SMARTS) is 1. The number of nitrogens with zero attached hydrogens (tertiary/aromatic N) is 1. The summed E-state index contributed by atoms with van der Waals surface area (Å²) in [6, 6.07) is 7.45. The van der Waals surface area contributed by atoms with Crippen LogP contribution in [0.15, 0.2) is 24.3 Å². The molecule has 2 heterocycles. The molecular weight excluding hydrogens is 270 g/mol. The average Bonchev–Trinajstić information content (AvgIpc) is 2.91. The van der Waals surface area contributed by atoms with Crippen LogP contribution < -0.4 is 0 Å². The van der Waals surface area contributed by atoms with Crippen LogP contribution in [0.4, 0.5) is 0 Å². The maximum absolute atomic E-state index is 12.6. The first kappa shape index (κ1) is 14.1. The van der Waals surface area contributed by atoms with Gasteiger partial charge in [0.25, 0.3) is 5.91 Å². The Bertz CT molecular complexity index is 571. The summed E-state index contributed by atoms with van der Waals surface area (Å²) in [6.07, 6.45) is 0.452. The number of aliphatic carboxylic acids is 1. The monoisotopic (exact) mass is 289 g/mol. The van der Waals surface area contributed by atoms with Crippen molar-refractivity contribution in [2.24, 2.45) is 5.92 Å². The van der Waals surface area contributed by atoms with Crippen molar-refractivity contribution < 1.29 is 19.4 Å². The van der Waals surface area contributed by atoms with Crippen LogP contribution in [0.1, 0.15) is 30.4 Å². The molecule has 2 aliphatic heterocycles. The molecule has 3 atom stereocenters. The van der Waals surface area contributed by atoms with E-state index in [1.165, 1.54) is 0 Å². The lowest BCUT2D eigenvalue weighted by Gasteiger charge is -2.34. The van der Waals surface area contributed by atoms with Gasteiger partial charge < -0.3 is 14.7 Å². The number of hydrogen-bond donors (Lipinski definition) is 1. The van der Waals surface area contributed by atoms with Crippen molar-refractivity contribution in [2.45, 2.75) is 31.9 Å². The maximum Gasteiger partial charge on any atom is 0.312 e. The molecule has 0 spiro atoms. The van der Waals surface area contributed by atoms with E-state index in [1.807, 2.05) is 31.2 Å². The van der Waals surface area contributed by atoms with Crippen LogP contribution in [0.2, 0.25) is 0 Å². The smallest absolute Gasteiger partial charge is 0.312 e. The van der Waals surface area contributed by atoms with E-state index in [4.69, 9.17) is 4.74 Å². The van der Waals surface area contributed by atoms with E-state index in [2.05, 4.69) is 0 Å². The number of amides is 1. The molecule has 0 saturated carbocycles. The normalized spacial score (nSPS) is 28.2. The van der Waals surface area contributed by atoms with Gasteiger partial charge in [0.15, 0.2) is 0 Å². The molecule has 5 heteroatoms. The molecule has 1 aromatic carbocycles. The molecule has 112 valence electrons. The predicted octanol–water partition coefficient (Wildman–Crippen LogP) is 1.62. The fourth-order valence-corrected chi connectivity index (χ4v) is 3.18. The van der Waals surface area contributed by atoms with Crippen molar-refractivity contribution >= 4 is 11.9 Å². The maximum atomic E-state index is 12.6. The molecule has 5 nitrogen and oxygen atoms in total. The van der Waals surface area contributed by atoms with Gasteiger partial charge in [0.2, 0.25) is 0 Å². The minimum Gasteiger partial charge on any atom is -0.481 e. The van der Waals surface area contributed by atoms with E-state index in [9.17, 15) is 14.7 Å². The van der Waals surface area contributed by atoms with Gasteiger partial charge in [-0.05, 0) is 23.5 Å². The lowest BCUT2D eigenvalue weighted by Crippen LogP contribution is -2.46. The molecule has 2 aliphatic rings. The van der Waals surface area contributed by atoms with Gasteiger partial charge in [0.05, 0.1) is 5.92 Å². The Morgan fingerprint density at radius 2 is 2.10 bits per heavy atom. The lowest BCUT2D eigenvalue weighted by atomic mass is 9.89. The van der Waals surface area contributed by atoms with Crippen LogP contribution in [0.25, 0.3) is 0 Å². The molecule has 21 heavy (non-hydrogen) atoms. The molecule has 1 N–H and O–H groups in total. The molecule has 3 rings (SSSR count). The minimum absolute atomic E-state index is 0.0826. The second-order valence-electron chi connectivity index (χ2n) is 5.87. The summed E-state index contributed by atoms with van der Waals surface area (Å²) in [5.41, 5.74) is 1.73. The Morgan fingerprint density at radius 3 is 2.76 bits per heavy atom. The highest BCUT2D eigenvalue weighted by Crippen LogP contribution is 2.31. The molecule has 3 unspecified atom stereocenters. The lowest BCUT2D eigenvalue weighted by molar-refractivity contribution is -0.146. The number of ether oxygens (including phenoxy) is 1. The van der Waals surface area contributed by atoms with E-state index < -0.39 is 18.0 Å².